The van der Waals surface area contributed by atoms with E-state index in [4.69, 9.17) is 23.2 Å². The fraction of sp³-hybridized carbons (Fsp3) is 0.176. The minimum absolute atomic E-state index is 0.00546. The van der Waals surface area contributed by atoms with Crippen molar-refractivity contribution in [2.45, 2.75) is 6.54 Å². The third-order valence-corrected chi connectivity index (χ3v) is 3.83. The summed E-state index contributed by atoms with van der Waals surface area (Å²) in [5.41, 5.74) is 0.797. The van der Waals surface area contributed by atoms with E-state index in [9.17, 15) is 14.0 Å². The summed E-state index contributed by atoms with van der Waals surface area (Å²) in [5.74, 6) is -1.11. The molecule has 0 aliphatic rings. The molecular weight excluding hydrogens is 368 g/mol. The lowest BCUT2D eigenvalue weighted by Gasteiger charge is -2.17. The maximum Gasteiger partial charge on any atom is 0.326 e. The molecule has 2 rings (SSSR count). The third-order valence-electron chi connectivity index (χ3n) is 3.24. The van der Waals surface area contributed by atoms with Crippen LogP contribution in [0.5, 0.6) is 0 Å². The topological polar surface area (TPSA) is 61.4 Å². The highest BCUT2D eigenvalue weighted by molar-refractivity contribution is 6.35. The first-order chi connectivity index (χ1) is 11.8. The molecule has 5 nitrogen and oxygen atoms in total. The second kappa shape index (κ2) is 8.80. The van der Waals surface area contributed by atoms with Crippen molar-refractivity contribution in [2.24, 2.45) is 0 Å². The smallest absolute Gasteiger partial charge is 0.305 e. The number of anilines is 1. The van der Waals surface area contributed by atoms with Gasteiger partial charge in [0.15, 0.2) is 0 Å². The number of nitrogens with zero attached hydrogens (tertiary/aromatic N) is 1. The van der Waals surface area contributed by atoms with Crippen LogP contribution in [-0.2, 0) is 11.3 Å². The van der Waals surface area contributed by atoms with Crippen molar-refractivity contribution in [3.05, 3.63) is 63.9 Å². The van der Waals surface area contributed by atoms with E-state index in [0.29, 0.717) is 16.6 Å². The van der Waals surface area contributed by atoms with Gasteiger partial charge in [-0.3, -0.25) is 15.0 Å². The van der Waals surface area contributed by atoms with Gasteiger partial charge in [0.2, 0.25) is 5.91 Å². The molecule has 0 radical (unpaired) electrons. The molecule has 2 N–H and O–H groups in total. The number of likely N-dealkylation sites (N-methyl/N-ethyl adjacent to an activating group) is 1. The van der Waals surface area contributed by atoms with Crippen molar-refractivity contribution in [3.8, 4) is 0 Å². The zero-order valence-corrected chi connectivity index (χ0v) is 14.9. The van der Waals surface area contributed by atoms with Crippen LogP contribution in [0.25, 0.3) is 0 Å². The number of hydrogen-bond donors (Lipinski definition) is 2. The Morgan fingerprint density at radius 1 is 1.16 bits per heavy atom. The summed E-state index contributed by atoms with van der Waals surface area (Å²) in [6.07, 6.45) is 0. The fourth-order valence-electron chi connectivity index (χ4n) is 2.12. The molecule has 0 aromatic heterocycles. The Bertz CT molecular complexity index is 786. The van der Waals surface area contributed by atoms with Crippen molar-refractivity contribution >= 4 is 40.8 Å². The minimum atomic E-state index is -0.798. The van der Waals surface area contributed by atoms with Crippen LogP contribution in [0, 0.1) is 5.82 Å². The standard InChI is InChI=1S/C17H16Cl2FN3O2/c1-23(9-11-6-7-12(18)8-13(11)19)10-16(24)22-17(25)21-15-5-3-2-4-14(15)20/h2-8H,9-10H2,1H3,(H2,21,22,24,25). The number of amides is 3. The van der Waals surface area contributed by atoms with Gasteiger partial charge < -0.3 is 5.32 Å². The highest BCUT2D eigenvalue weighted by atomic mass is 35.5. The van der Waals surface area contributed by atoms with Crippen LogP contribution in [0.15, 0.2) is 42.5 Å². The molecule has 8 heteroatoms. The molecule has 0 heterocycles. The molecule has 0 aliphatic heterocycles. The van der Waals surface area contributed by atoms with E-state index in [1.807, 2.05) is 0 Å². The summed E-state index contributed by atoms with van der Waals surface area (Å²) >= 11 is 11.9. The van der Waals surface area contributed by atoms with E-state index in [0.717, 1.165) is 5.56 Å². The maximum absolute atomic E-state index is 13.4. The monoisotopic (exact) mass is 383 g/mol. The number of nitrogens with one attached hydrogen (secondary N) is 2. The van der Waals surface area contributed by atoms with E-state index in [2.05, 4.69) is 10.6 Å². The van der Waals surface area contributed by atoms with Crippen LogP contribution in [0.2, 0.25) is 10.0 Å². The lowest BCUT2D eigenvalue weighted by molar-refractivity contribution is -0.120. The zero-order chi connectivity index (χ0) is 18.4. The predicted molar refractivity (Wildman–Crippen MR) is 96.4 cm³/mol. The number of imide groups is 1. The predicted octanol–water partition coefficient (Wildman–Crippen LogP) is 3.91. The highest BCUT2D eigenvalue weighted by Crippen LogP contribution is 2.21. The molecule has 2 aromatic carbocycles. The molecular formula is C17H16Cl2FN3O2. The Morgan fingerprint density at radius 2 is 1.88 bits per heavy atom. The van der Waals surface area contributed by atoms with Crippen molar-refractivity contribution in [2.75, 3.05) is 18.9 Å². The Labute approximate surface area is 154 Å². The maximum atomic E-state index is 13.4. The van der Waals surface area contributed by atoms with Crippen molar-refractivity contribution in [1.29, 1.82) is 0 Å². The Morgan fingerprint density at radius 3 is 2.56 bits per heavy atom. The largest absolute Gasteiger partial charge is 0.326 e. The Kier molecular flexibility index (Phi) is 6.75. The van der Waals surface area contributed by atoms with Crippen LogP contribution in [0.1, 0.15) is 5.56 Å². The van der Waals surface area contributed by atoms with Crippen LogP contribution < -0.4 is 10.6 Å². The molecule has 0 bridgehead atoms. The lowest BCUT2D eigenvalue weighted by atomic mass is 10.2. The molecule has 0 spiro atoms. The molecule has 0 aliphatic carbocycles. The normalized spacial score (nSPS) is 10.6. The Balaban J connectivity index is 1.84. The van der Waals surface area contributed by atoms with Crippen LogP contribution >= 0.6 is 23.2 Å². The molecule has 3 amide bonds. The second-order valence-corrected chi connectivity index (χ2v) is 6.23. The summed E-state index contributed by atoms with van der Waals surface area (Å²) in [5, 5.41) is 5.45. The number of hydrogen-bond acceptors (Lipinski definition) is 3. The van der Waals surface area contributed by atoms with Gasteiger partial charge in [-0.25, -0.2) is 9.18 Å². The van der Waals surface area contributed by atoms with Gasteiger partial charge in [0.05, 0.1) is 12.2 Å². The summed E-state index contributed by atoms with van der Waals surface area (Å²) in [4.78, 5) is 25.3. The number of urea groups is 1. The number of carbonyl (C=O) groups excluding carboxylic acids is 2. The van der Waals surface area contributed by atoms with Crippen LogP contribution in [0.4, 0.5) is 14.9 Å². The number of rotatable bonds is 5. The molecule has 0 saturated carbocycles. The van der Waals surface area contributed by atoms with Gasteiger partial charge in [-0.05, 0) is 36.9 Å². The third kappa shape index (κ3) is 6.01. The highest BCUT2D eigenvalue weighted by Gasteiger charge is 2.13. The van der Waals surface area contributed by atoms with Crippen LogP contribution in [-0.4, -0.2) is 30.4 Å². The van der Waals surface area contributed by atoms with E-state index < -0.39 is 17.8 Å². The number of benzene rings is 2. The fourth-order valence-corrected chi connectivity index (χ4v) is 2.59. The molecule has 0 unspecified atom stereocenters. The SMILES string of the molecule is CN(CC(=O)NC(=O)Nc1ccccc1F)Cc1ccc(Cl)cc1Cl. The molecule has 0 fully saturated rings. The number of carbonyl (C=O) groups is 2. The van der Waals surface area contributed by atoms with E-state index in [1.54, 1.807) is 36.2 Å². The first kappa shape index (κ1) is 19.2. The van der Waals surface area contributed by atoms with Crippen LogP contribution in [0.3, 0.4) is 0 Å². The number of para-hydroxylation sites is 1. The van der Waals surface area contributed by atoms with Gasteiger partial charge in [-0.2, -0.15) is 0 Å². The summed E-state index contributed by atoms with van der Waals surface area (Å²) in [6, 6.07) is 9.98. The van der Waals surface area contributed by atoms with Gasteiger partial charge in [-0.1, -0.05) is 41.4 Å². The summed E-state index contributed by atoms with van der Waals surface area (Å²) in [7, 11) is 1.71. The van der Waals surface area contributed by atoms with Gasteiger partial charge in [0.1, 0.15) is 5.82 Å². The molecule has 0 atom stereocenters. The number of halogens is 3. The van der Waals surface area contributed by atoms with E-state index in [-0.39, 0.29) is 12.2 Å². The van der Waals surface area contributed by atoms with E-state index >= 15 is 0 Å². The van der Waals surface area contributed by atoms with Gasteiger partial charge >= 0.3 is 6.03 Å². The average Bonchev–Trinajstić information content (AvgIpc) is 2.52. The van der Waals surface area contributed by atoms with Gasteiger partial charge in [0, 0.05) is 16.6 Å². The summed E-state index contributed by atoms with van der Waals surface area (Å²) in [6.45, 7) is 0.363. The first-order valence-corrected chi connectivity index (χ1v) is 8.08. The quantitative estimate of drug-likeness (QED) is 0.822. The van der Waals surface area contributed by atoms with Crippen molar-refractivity contribution < 1.29 is 14.0 Å². The Hall–Kier alpha value is -2.15. The molecule has 2 aromatic rings. The summed E-state index contributed by atoms with van der Waals surface area (Å²) < 4.78 is 13.4. The van der Waals surface area contributed by atoms with Crippen molar-refractivity contribution in [1.82, 2.24) is 10.2 Å². The zero-order valence-electron chi connectivity index (χ0n) is 13.4. The molecule has 25 heavy (non-hydrogen) atoms. The first-order valence-electron chi connectivity index (χ1n) is 7.33. The van der Waals surface area contributed by atoms with Gasteiger partial charge in [-0.15, -0.1) is 0 Å². The van der Waals surface area contributed by atoms with E-state index in [1.165, 1.54) is 18.2 Å². The second-order valence-electron chi connectivity index (χ2n) is 5.39. The average molecular weight is 384 g/mol. The molecule has 132 valence electrons. The minimum Gasteiger partial charge on any atom is -0.305 e. The lowest BCUT2D eigenvalue weighted by Crippen LogP contribution is -2.40. The van der Waals surface area contributed by atoms with Crippen molar-refractivity contribution in [3.63, 3.8) is 0 Å². The molecule has 0 saturated heterocycles. The van der Waals surface area contributed by atoms with Gasteiger partial charge in [0.25, 0.3) is 0 Å².